The third-order valence-corrected chi connectivity index (χ3v) is 4.76. The molecule has 2 rings (SSSR count). The van der Waals surface area contributed by atoms with Crippen LogP contribution in [0.1, 0.15) is 38.7 Å². The Kier molecular flexibility index (Phi) is 5.19. The Morgan fingerprint density at radius 3 is 2.50 bits per heavy atom. The highest BCUT2D eigenvalue weighted by atomic mass is 16.5. The van der Waals surface area contributed by atoms with Crippen LogP contribution in [0.15, 0.2) is 30.3 Å². The lowest BCUT2D eigenvalue weighted by molar-refractivity contribution is -0.0882. The molecule has 4 unspecified atom stereocenters. The van der Waals surface area contributed by atoms with Gasteiger partial charge in [-0.3, -0.25) is 0 Å². The van der Waals surface area contributed by atoms with E-state index in [9.17, 15) is 5.11 Å². The number of hydrogen-bond acceptors (Lipinski definition) is 3. The molecule has 1 aromatic rings. The smallest absolute Gasteiger partial charge is 0.125 e. The van der Waals surface area contributed by atoms with Gasteiger partial charge in [-0.1, -0.05) is 44.2 Å². The van der Waals surface area contributed by atoms with Crippen molar-refractivity contribution < 1.29 is 9.84 Å². The van der Waals surface area contributed by atoms with Crippen LogP contribution in [0.2, 0.25) is 0 Å². The van der Waals surface area contributed by atoms with Gasteiger partial charge in [0, 0.05) is 6.54 Å². The zero-order chi connectivity index (χ0) is 14.6. The van der Waals surface area contributed by atoms with Crippen LogP contribution < -0.4 is 5.73 Å². The summed E-state index contributed by atoms with van der Waals surface area (Å²) in [5, 5.41) is 10.7. The first-order valence-electron chi connectivity index (χ1n) is 7.65. The molecule has 112 valence electrons. The summed E-state index contributed by atoms with van der Waals surface area (Å²) < 4.78 is 5.98. The Morgan fingerprint density at radius 1 is 1.20 bits per heavy atom. The van der Waals surface area contributed by atoms with Crippen molar-refractivity contribution in [1.29, 1.82) is 0 Å². The summed E-state index contributed by atoms with van der Waals surface area (Å²) >= 11 is 0. The van der Waals surface area contributed by atoms with Gasteiger partial charge in [-0.05, 0) is 36.7 Å². The average molecular weight is 277 g/mol. The largest absolute Gasteiger partial charge is 0.381 e. The van der Waals surface area contributed by atoms with E-state index >= 15 is 0 Å². The zero-order valence-electron chi connectivity index (χ0n) is 12.6. The monoisotopic (exact) mass is 277 g/mol. The fraction of sp³-hybridized carbons (Fsp3) is 0.647. The Bertz CT molecular complexity index is 409. The summed E-state index contributed by atoms with van der Waals surface area (Å²) in [5.41, 5.74) is 5.53. The van der Waals surface area contributed by atoms with Gasteiger partial charge in [0.15, 0.2) is 0 Å². The summed E-state index contributed by atoms with van der Waals surface area (Å²) in [6.45, 7) is 5.04. The maximum absolute atomic E-state index is 10.7. The maximum atomic E-state index is 10.7. The quantitative estimate of drug-likeness (QED) is 0.870. The maximum Gasteiger partial charge on any atom is 0.125 e. The second kappa shape index (κ2) is 6.70. The molecule has 3 heteroatoms. The number of benzene rings is 1. The SMILES string of the molecule is CC1CCC(OCC(O)(CN)c2ccccc2)CC1C. The molecule has 0 bridgehead atoms. The molecule has 0 amide bonds. The Labute approximate surface area is 122 Å². The van der Waals surface area contributed by atoms with Gasteiger partial charge in [0.2, 0.25) is 0 Å². The third kappa shape index (κ3) is 3.60. The molecule has 0 heterocycles. The van der Waals surface area contributed by atoms with Crippen LogP contribution in [-0.4, -0.2) is 24.4 Å². The topological polar surface area (TPSA) is 55.5 Å². The highest BCUT2D eigenvalue weighted by Crippen LogP contribution is 2.32. The summed E-state index contributed by atoms with van der Waals surface area (Å²) in [6, 6.07) is 9.58. The van der Waals surface area contributed by atoms with Gasteiger partial charge in [0.25, 0.3) is 0 Å². The van der Waals surface area contributed by atoms with Gasteiger partial charge in [0.1, 0.15) is 5.60 Å². The summed E-state index contributed by atoms with van der Waals surface area (Å²) in [6.07, 6.45) is 3.62. The number of hydrogen-bond donors (Lipinski definition) is 2. The fourth-order valence-electron chi connectivity index (χ4n) is 2.91. The molecule has 3 nitrogen and oxygen atoms in total. The first-order chi connectivity index (χ1) is 9.55. The van der Waals surface area contributed by atoms with Crippen molar-refractivity contribution in [2.45, 2.75) is 44.8 Å². The van der Waals surface area contributed by atoms with Gasteiger partial charge in [-0.25, -0.2) is 0 Å². The van der Waals surface area contributed by atoms with Crippen LogP contribution in [0.4, 0.5) is 0 Å². The molecule has 0 spiro atoms. The van der Waals surface area contributed by atoms with Crippen molar-refractivity contribution in [3.05, 3.63) is 35.9 Å². The summed E-state index contributed by atoms with van der Waals surface area (Å²) in [7, 11) is 0. The van der Waals surface area contributed by atoms with Crippen LogP contribution in [0.25, 0.3) is 0 Å². The van der Waals surface area contributed by atoms with Gasteiger partial charge in [-0.15, -0.1) is 0 Å². The first-order valence-corrected chi connectivity index (χ1v) is 7.65. The average Bonchev–Trinajstić information content (AvgIpc) is 2.49. The van der Waals surface area contributed by atoms with Gasteiger partial charge >= 0.3 is 0 Å². The molecule has 1 saturated carbocycles. The molecule has 4 atom stereocenters. The van der Waals surface area contributed by atoms with Crippen LogP contribution in [0, 0.1) is 11.8 Å². The standard InChI is InChI=1S/C17H27NO2/c1-13-8-9-16(10-14(13)2)20-12-17(19,11-18)15-6-4-3-5-7-15/h3-7,13-14,16,19H,8-12,18H2,1-2H3. The predicted octanol–water partition coefficient (Wildman–Crippen LogP) is 2.67. The van der Waals surface area contributed by atoms with Crippen molar-refractivity contribution in [1.82, 2.24) is 0 Å². The lowest BCUT2D eigenvalue weighted by Gasteiger charge is -2.35. The minimum absolute atomic E-state index is 0.176. The van der Waals surface area contributed by atoms with Gasteiger partial charge in [-0.2, -0.15) is 0 Å². The van der Waals surface area contributed by atoms with E-state index in [4.69, 9.17) is 10.5 Å². The van der Waals surface area contributed by atoms with Crippen LogP contribution in [0.5, 0.6) is 0 Å². The van der Waals surface area contributed by atoms with E-state index in [-0.39, 0.29) is 19.3 Å². The van der Waals surface area contributed by atoms with E-state index in [1.165, 1.54) is 6.42 Å². The van der Waals surface area contributed by atoms with E-state index in [2.05, 4.69) is 13.8 Å². The predicted molar refractivity (Wildman–Crippen MR) is 81.3 cm³/mol. The van der Waals surface area contributed by atoms with Gasteiger partial charge < -0.3 is 15.6 Å². The van der Waals surface area contributed by atoms with Crippen LogP contribution in [0.3, 0.4) is 0 Å². The van der Waals surface area contributed by atoms with E-state index in [0.717, 1.165) is 24.3 Å². The molecule has 0 aliphatic heterocycles. The fourth-order valence-corrected chi connectivity index (χ4v) is 2.91. The first kappa shape index (κ1) is 15.5. The Balaban J connectivity index is 1.94. The number of ether oxygens (including phenoxy) is 1. The van der Waals surface area contributed by atoms with E-state index < -0.39 is 5.60 Å². The van der Waals surface area contributed by atoms with Gasteiger partial charge in [0.05, 0.1) is 12.7 Å². The lowest BCUT2D eigenvalue weighted by atomic mass is 9.80. The summed E-state index contributed by atoms with van der Waals surface area (Å²) in [4.78, 5) is 0. The Hall–Kier alpha value is -0.900. The van der Waals surface area contributed by atoms with Crippen LogP contribution >= 0.6 is 0 Å². The molecule has 1 aliphatic rings. The molecule has 0 saturated heterocycles. The number of rotatable bonds is 5. The van der Waals surface area contributed by atoms with Crippen molar-refractivity contribution in [2.24, 2.45) is 17.6 Å². The normalized spacial score (nSPS) is 29.9. The second-order valence-electron chi connectivity index (χ2n) is 6.30. The molecular formula is C17H27NO2. The minimum atomic E-state index is -1.08. The highest BCUT2D eigenvalue weighted by Gasteiger charge is 2.31. The second-order valence-corrected chi connectivity index (χ2v) is 6.30. The molecule has 20 heavy (non-hydrogen) atoms. The number of nitrogens with two attached hydrogens (primary N) is 1. The van der Waals surface area contributed by atoms with Crippen molar-refractivity contribution >= 4 is 0 Å². The molecule has 1 aromatic carbocycles. The minimum Gasteiger partial charge on any atom is -0.381 e. The zero-order valence-corrected chi connectivity index (χ0v) is 12.6. The lowest BCUT2D eigenvalue weighted by Crippen LogP contribution is -2.41. The molecular weight excluding hydrogens is 250 g/mol. The van der Waals surface area contributed by atoms with Crippen molar-refractivity contribution in [3.63, 3.8) is 0 Å². The molecule has 1 aliphatic carbocycles. The highest BCUT2D eigenvalue weighted by molar-refractivity contribution is 5.22. The van der Waals surface area contributed by atoms with Crippen molar-refractivity contribution in [2.75, 3.05) is 13.2 Å². The molecule has 3 N–H and O–H groups in total. The molecule has 0 radical (unpaired) electrons. The Morgan fingerprint density at radius 2 is 1.90 bits per heavy atom. The summed E-state index contributed by atoms with van der Waals surface area (Å²) in [5.74, 6) is 1.47. The van der Waals surface area contributed by atoms with E-state index in [1.54, 1.807) is 0 Å². The molecule has 0 aromatic heterocycles. The molecule has 1 fully saturated rings. The third-order valence-electron chi connectivity index (χ3n) is 4.76. The van der Waals surface area contributed by atoms with Crippen LogP contribution in [-0.2, 0) is 10.3 Å². The van der Waals surface area contributed by atoms with E-state index in [1.807, 2.05) is 30.3 Å². The van der Waals surface area contributed by atoms with E-state index in [0.29, 0.717) is 5.92 Å². The number of aliphatic hydroxyl groups is 1. The van der Waals surface area contributed by atoms with Crippen molar-refractivity contribution in [3.8, 4) is 0 Å².